The summed E-state index contributed by atoms with van der Waals surface area (Å²) in [6.07, 6.45) is 6.92. The van der Waals surface area contributed by atoms with Crippen LogP contribution in [0.15, 0.2) is 0 Å². The SMILES string of the molecule is C1CCC[N-]CCC1.[Li+]. The number of nitrogens with zero attached hydrogens (tertiary/aromatic N) is 1. The molecule has 1 saturated heterocycles. The zero-order valence-corrected chi connectivity index (χ0v) is 6.40. The molecule has 9 heavy (non-hydrogen) atoms. The van der Waals surface area contributed by atoms with E-state index in [-0.39, 0.29) is 18.9 Å². The molecule has 1 heterocycles. The first-order chi connectivity index (χ1) is 4.00. The van der Waals surface area contributed by atoms with Gasteiger partial charge in [0.2, 0.25) is 0 Å². The van der Waals surface area contributed by atoms with Crippen LogP contribution in [0.25, 0.3) is 5.32 Å². The second-order valence-electron chi connectivity index (χ2n) is 2.44. The molecule has 0 atom stereocenters. The summed E-state index contributed by atoms with van der Waals surface area (Å²) in [6.45, 7) is 2.25. The predicted octanol–water partition coefficient (Wildman–Crippen LogP) is -0.672. The second-order valence-corrected chi connectivity index (χ2v) is 2.44. The van der Waals surface area contributed by atoms with Crippen molar-refractivity contribution in [2.45, 2.75) is 32.1 Å². The van der Waals surface area contributed by atoms with Crippen LogP contribution in [0.5, 0.6) is 0 Å². The van der Waals surface area contributed by atoms with E-state index in [1.165, 1.54) is 32.1 Å². The zero-order valence-electron chi connectivity index (χ0n) is 6.40. The van der Waals surface area contributed by atoms with Gasteiger partial charge in [-0.25, -0.2) is 0 Å². The molecule has 1 aliphatic rings. The van der Waals surface area contributed by atoms with Gasteiger partial charge < -0.3 is 5.32 Å². The van der Waals surface area contributed by atoms with Gasteiger partial charge in [-0.2, -0.15) is 0 Å². The fourth-order valence-electron chi connectivity index (χ4n) is 1.09. The van der Waals surface area contributed by atoms with Crippen LogP contribution >= 0.6 is 0 Å². The van der Waals surface area contributed by atoms with Gasteiger partial charge in [0.25, 0.3) is 0 Å². The summed E-state index contributed by atoms with van der Waals surface area (Å²) in [4.78, 5) is 0. The molecule has 0 radical (unpaired) electrons. The molecule has 0 aliphatic carbocycles. The van der Waals surface area contributed by atoms with Gasteiger partial charge in [-0.05, 0) is 0 Å². The maximum absolute atomic E-state index is 4.33. The zero-order chi connectivity index (χ0) is 5.66. The Balaban J connectivity index is 0.000000640. The Bertz CT molecular complexity index is 32.9. The van der Waals surface area contributed by atoms with Gasteiger partial charge in [0.1, 0.15) is 0 Å². The van der Waals surface area contributed by atoms with Crippen LogP contribution in [0, 0.1) is 0 Å². The quantitative estimate of drug-likeness (QED) is 0.375. The Kier molecular flexibility index (Phi) is 7.09. The van der Waals surface area contributed by atoms with E-state index in [9.17, 15) is 0 Å². The van der Waals surface area contributed by atoms with Crippen LogP contribution in [0.2, 0.25) is 0 Å². The van der Waals surface area contributed by atoms with Gasteiger partial charge in [0.05, 0.1) is 0 Å². The second kappa shape index (κ2) is 6.67. The molecular weight excluding hydrogens is 105 g/mol. The summed E-state index contributed by atoms with van der Waals surface area (Å²) in [7, 11) is 0. The Morgan fingerprint density at radius 3 is 1.67 bits per heavy atom. The Hall–Kier alpha value is 0.557. The van der Waals surface area contributed by atoms with Crippen molar-refractivity contribution in [1.29, 1.82) is 0 Å². The summed E-state index contributed by atoms with van der Waals surface area (Å²) >= 11 is 0. The fourth-order valence-corrected chi connectivity index (χ4v) is 1.09. The van der Waals surface area contributed by atoms with Gasteiger partial charge in [0, 0.05) is 0 Å². The minimum Gasteiger partial charge on any atom is -0.662 e. The number of rotatable bonds is 0. The molecule has 0 spiro atoms. The van der Waals surface area contributed by atoms with Crippen LogP contribution in [0.4, 0.5) is 0 Å². The average molecular weight is 119 g/mol. The average Bonchev–Trinajstić information content (AvgIpc) is 1.62. The first-order valence-electron chi connectivity index (χ1n) is 3.63. The molecule has 0 bridgehead atoms. The van der Waals surface area contributed by atoms with Crippen molar-refractivity contribution in [2.24, 2.45) is 0 Å². The molecule has 0 unspecified atom stereocenters. The van der Waals surface area contributed by atoms with Crippen molar-refractivity contribution in [3.8, 4) is 0 Å². The van der Waals surface area contributed by atoms with Gasteiger partial charge in [0.15, 0.2) is 0 Å². The number of hydrogen-bond donors (Lipinski definition) is 0. The Morgan fingerprint density at radius 1 is 0.667 bits per heavy atom. The Labute approximate surface area is 69.8 Å². The largest absolute Gasteiger partial charge is 1.00 e. The Morgan fingerprint density at radius 2 is 1.11 bits per heavy atom. The van der Waals surface area contributed by atoms with Gasteiger partial charge in [-0.3, -0.25) is 0 Å². The normalized spacial score (nSPS) is 21.3. The third kappa shape index (κ3) is 5.02. The van der Waals surface area contributed by atoms with Crippen molar-refractivity contribution in [2.75, 3.05) is 13.1 Å². The molecule has 1 rings (SSSR count). The van der Waals surface area contributed by atoms with E-state index in [4.69, 9.17) is 0 Å². The molecule has 1 aliphatic heterocycles. The minimum atomic E-state index is 0. The summed E-state index contributed by atoms with van der Waals surface area (Å²) in [5, 5.41) is 4.33. The van der Waals surface area contributed by atoms with Crippen LogP contribution < -0.4 is 18.9 Å². The summed E-state index contributed by atoms with van der Waals surface area (Å²) in [5.74, 6) is 0. The van der Waals surface area contributed by atoms with Crippen molar-refractivity contribution < 1.29 is 18.9 Å². The summed E-state index contributed by atoms with van der Waals surface area (Å²) in [6, 6.07) is 0. The van der Waals surface area contributed by atoms with Crippen molar-refractivity contribution in [3.05, 3.63) is 5.32 Å². The van der Waals surface area contributed by atoms with Crippen molar-refractivity contribution in [1.82, 2.24) is 0 Å². The van der Waals surface area contributed by atoms with E-state index < -0.39 is 0 Å². The summed E-state index contributed by atoms with van der Waals surface area (Å²) < 4.78 is 0. The van der Waals surface area contributed by atoms with Gasteiger partial charge in [-0.1, -0.05) is 32.1 Å². The predicted molar refractivity (Wildman–Crippen MR) is 36.2 cm³/mol. The van der Waals surface area contributed by atoms with Crippen LogP contribution in [-0.2, 0) is 0 Å². The molecular formula is C7H14LiN. The van der Waals surface area contributed by atoms with Crippen molar-refractivity contribution >= 4 is 0 Å². The van der Waals surface area contributed by atoms with E-state index in [0.717, 1.165) is 13.1 Å². The standard InChI is InChI=1S/C7H14N.Li/c1-2-4-6-8-7-5-3-1;/h1-7H2;/q-1;+1. The van der Waals surface area contributed by atoms with Gasteiger partial charge >= 0.3 is 18.9 Å². The van der Waals surface area contributed by atoms with E-state index in [2.05, 4.69) is 5.32 Å². The van der Waals surface area contributed by atoms with Crippen molar-refractivity contribution in [3.63, 3.8) is 0 Å². The third-order valence-electron chi connectivity index (χ3n) is 1.63. The molecule has 1 fully saturated rings. The molecule has 1 nitrogen and oxygen atoms in total. The molecule has 0 aromatic rings. The third-order valence-corrected chi connectivity index (χ3v) is 1.63. The molecule has 0 saturated carbocycles. The smallest absolute Gasteiger partial charge is 0.662 e. The molecule has 2 heteroatoms. The number of hydrogen-bond acceptors (Lipinski definition) is 0. The fraction of sp³-hybridized carbons (Fsp3) is 1.00. The topological polar surface area (TPSA) is 14.1 Å². The van der Waals surface area contributed by atoms with E-state index in [1.807, 2.05) is 0 Å². The molecule has 0 aromatic carbocycles. The van der Waals surface area contributed by atoms with Gasteiger partial charge in [-0.15, -0.1) is 13.1 Å². The summed E-state index contributed by atoms with van der Waals surface area (Å²) in [5.41, 5.74) is 0. The molecule has 0 amide bonds. The maximum Gasteiger partial charge on any atom is 1.00 e. The van der Waals surface area contributed by atoms with E-state index in [1.54, 1.807) is 0 Å². The van der Waals surface area contributed by atoms with Crippen LogP contribution in [0.1, 0.15) is 32.1 Å². The molecule has 0 aromatic heterocycles. The first-order valence-corrected chi connectivity index (χ1v) is 3.63. The maximum atomic E-state index is 4.33. The van der Waals surface area contributed by atoms with E-state index >= 15 is 0 Å². The molecule has 0 N–H and O–H groups in total. The molecule has 48 valence electrons. The van der Waals surface area contributed by atoms with Crippen LogP contribution in [0.3, 0.4) is 0 Å². The monoisotopic (exact) mass is 119 g/mol. The van der Waals surface area contributed by atoms with Crippen LogP contribution in [-0.4, -0.2) is 13.1 Å². The first kappa shape index (κ1) is 9.56. The van der Waals surface area contributed by atoms with E-state index in [0.29, 0.717) is 0 Å². The minimum absolute atomic E-state index is 0.